The predicted octanol–water partition coefficient (Wildman–Crippen LogP) is 7.03. The van der Waals surface area contributed by atoms with Gasteiger partial charge in [0.15, 0.2) is 5.75 Å². The highest BCUT2D eigenvalue weighted by molar-refractivity contribution is 5.95. The summed E-state index contributed by atoms with van der Waals surface area (Å²) in [5.41, 5.74) is 9.15. The zero-order valence-electron chi connectivity index (χ0n) is 16.7. The van der Waals surface area contributed by atoms with Gasteiger partial charge in [-0.05, 0) is 57.0 Å². The molecular formula is C25H23NO2. The Bertz CT molecular complexity index is 1200. The van der Waals surface area contributed by atoms with Gasteiger partial charge in [0.05, 0.1) is 16.8 Å². The van der Waals surface area contributed by atoms with Crippen LogP contribution in [-0.4, -0.2) is 0 Å². The number of nitrogens with zero attached hydrogens (tertiary/aromatic N) is 1. The molecule has 3 aromatic carbocycles. The van der Waals surface area contributed by atoms with Crippen molar-refractivity contribution in [3.05, 3.63) is 82.4 Å². The monoisotopic (exact) mass is 369 g/mol. The fraction of sp³-hybridized carbons (Fsp3) is 0.200. The van der Waals surface area contributed by atoms with Crippen LogP contribution in [0.1, 0.15) is 27.8 Å². The quantitative estimate of drug-likeness (QED) is 0.360. The first-order chi connectivity index (χ1) is 13.5. The molecule has 0 bridgehead atoms. The Kier molecular flexibility index (Phi) is 3.73. The third-order valence-corrected chi connectivity index (χ3v) is 5.45. The van der Waals surface area contributed by atoms with Gasteiger partial charge in [0.2, 0.25) is 5.88 Å². The summed E-state index contributed by atoms with van der Waals surface area (Å²) in [4.78, 5) is 2.23. The van der Waals surface area contributed by atoms with E-state index in [2.05, 4.69) is 81.1 Å². The Morgan fingerprint density at radius 1 is 0.821 bits per heavy atom. The van der Waals surface area contributed by atoms with Gasteiger partial charge in [-0.1, -0.05) is 47.5 Å². The van der Waals surface area contributed by atoms with Crippen LogP contribution in [0.25, 0.3) is 11.0 Å². The number of anilines is 3. The Labute approximate surface area is 165 Å². The second-order valence-corrected chi connectivity index (χ2v) is 7.74. The number of ether oxygens (including phenoxy) is 1. The van der Waals surface area contributed by atoms with Crippen LogP contribution in [0.4, 0.5) is 17.3 Å². The van der Waals surface area contributed by atoms with Gasteiger partial charge in [-0.25, -0.2) is 0 Å². The molecule has 1 aliphatic heterocycles. The summed E-state index contributed by atoms with van der Waals surface area (Å²) < 4.78 is 12.7. The summed E-state index contributed by atoms with van der Waals surface area (Å²) in [6.07, 6.45) is 0. The van der Waals surface area contributed by atoms with E-state index in [9.17, 15) is 0 Å². The number of aryl methyl sites for hydroxylation is 4. The Balaban J connectivity index is 1.87. The molecule has 0 atom stereocenters. The number of furan rings is 1. The van der Waals surface area contributed by atoms with Gasteiger partial charge in [-0.3, -0.25) is 4.90 Å². The third-order valence-electron chi connectivity index (χ3n) is 5.45. The molecule has 0 saturated heterocycles. The minimum Gasteiger partial charge on any atom is -0.483 e. The van der Waals surface area contributed by atoms with E-state index in [1.54, 1.807) is 0 Å². The molecule has 0 amide bonds. The van der Waals surface area contributed by atoms with Crippen molar-refractivity contribution in [3.8, 4) is 5.75 Å². The van der Waals surface area contributed by atoms with Crippen LogP contribution in [0.2, 0.25) is 0 Å². The summed E-state index contributed by atoms with van der Waals surface area (Å²) in [5, 5.41) is 1.02. The molecule has 2 heterocycles. The lowest BCUT2D eigenvalue weighted by atomic mass is 10.0. The highest BCUT2D eigenvalue weighted by Crippen LogP contribution is 2.50. The topological polar surface area (TPSA) is 25.6 Å². The number of para-hydroxylation sites is 1. The molecule has 3 nitrogen and oxygen atoms in total. The smallest absolute Gasteiger partial charge is 0.248 e. The van der Waals surface area contributed by atoms with Gasteiger partial charge in [-0.15, -0.1) is 0 Å². The molecule has 0 aliphatic carbocycles. The first-order valence-corrected chi connectivity index (χ1v) is 9.65. The lowest BCUT2D eigenvalue weighted by Crippen LogP contribution is -2.13. The van der Waals surface area contributed by atoms with Crippen molar-refractivity contribution in [3.63, 3.8) is 0 Å². The largest absolute Gasteiger partial charge is 0.483 e. The molecule has 0 fully saturated rings. The van der Waals surface area contributed by atoms with Gasteiger partial charge in [-0.2, -0.15) is 0 Å². The average molecular weight is 369 g/mol. The molecule has 1 aromatic heterocycles. The van der Waals surface area contributed by atoms with Crippen LogP contribution < -0.4 is 9.64 Å². The van der Waals surface area contributed by atoms with Gasteiger partial charge >= 0.3 is 0 Å². The van der Waals surface area contributed by atoms with E-state index in [-0.39, 0.29) is 0 Å². The zero-order chi connectivity index (χ0) is 19.4. The van der Waals surface area contributed by atoms with Crippen molar-refractivity contribution in [2.24, 2.45) is 0 Å². The molecule has 5 rings (SSSR count). The van der Waals surface area contributed by atoms with E-state index < -0.39 is 0 Å². The molecule has 1 aliphatic rings. The maximum atomic E-state index is 6.39. The highest BCUT2D eigenvalue weighted by Gasteiger charge is 2.30. The van der Waals surface area contributed by atoms with Crippen LogP contribution in [0.3, 0.4) is 0 Å². The van der Waals surface area contributed by atoms with Crippen molar-refractivity contribution in [1.82, 2.24) is 0 Å². The first-order valence-electron chi connectivity index (χ1n) is 9.65. The summed E-state index contributed by atoms with van der Waals surface area (Å²) >= 11 is 0. The zero-order valence-corrected chi connectivity index (χ0v) is 16.7. The molecule has 140 valence electrons. The number of hydrogen-bond donors (Lipinski definition) is 0. The van der Waals surface area contributed by atoms with Crippen LogP contribution >= 0.6 is 0 Å². The SMILES string of the molecule is Cc1cc(C)c(N2c3ccccc3COc3c2oc2ccc(C)cc32)c(C)c1. The number of rotatable bonds is 1. The minimum atomic E-state index is 0.520. The van der Waals surface area contributed by atoms with Crippen molar-refractivity contribution >= 4 is 28.2 Å². The second kappa shape index (κ2) is 6.16. The summed E-state index contributed by atoms with van der Waals surface area (Å²) in [6, 6.07) is 19.1. The number of hydrogen-bond acceptors (Lipinski definition) is 3. The minimum absolute atomic E-state index is 0.520. The molecule has 28 heavy (non-hydrogen) atoms. The molecular weight excluding hydrogens is 346 g/mol. The second-order valence-electron chi connectivity index (χ2n) is 7.74. The fourth-order valence-electron chi connectivity index (χ4n) is 4.32. The van der Waals surface area contributed by atoms with Crippen molar-refractivity contribution in [2.75, 3.05) is 4.90 Å². The average Bonchev–Trinajstić information content (AvgIpc) is 2.92. The Morgan fingerprint density at radius 2 is 1.57 bits per heavy atom. The maximum absolute atomic E-state index is 6.39. The standard InChI is InChI=1S/C25H23NO2/c1-15-9-10-22-20(13-15)24-25(28-22)26(21-8-6-5-7-19(21)14-27-24)23-17(3)11-16(2)12-18(23)4/h5-13H,14H2,1-4H3. The van der Waals surface area contributed by atoms with E-state index in [0.29, 0.717) is 6.61 Å². The Morgan fingerprint density at radius 3 is 2.36 bits per heavy atom. The van der Waals surface area contributed by atoms with Gasteiger partial charge in [0, 0.05) is 5.56 Å². The van der Waals surface area contributed by atoms with Crippen molar-refractivity contribution < 1.29 is 9.15 Å². The lowest BCUT2D eigenvalue weighted by Gasteiger charge is -2.26. The van der Waals surface area contributed by atoms with E-state index in [0.717, 1.165) is 39.5 Å². The molecule has 0 N–H and O–H groups in total. The van der Waals surface area contributed by atoms with Crippen LogP contribution in [-0.2, 0) is 6.61 Å². The van der Waals surface area contributed by atoms with Crippen LogP contribution in [0, 0.1) is 27.7 Å². The third kappa shape index (κ3) is 2.50. The lowest BCUT2D eigenvalue weighted by molar-refractivity contribution is 0.311. The molecule has 0 unspecified atom stereocenters. The number of fused-ring (bicyclic) bond motifs is 4. The maximum Gasteiger partial charge on any atom is 0.248 e. The van der Waals surface area contributed by atoms with Crippen LogP contribution in [0.15, 0.2) is 59.0 Å². The van der Waals surface area contributed by atoms with E-state index in [1.807, 2.05) is 6.07 Å². The van der Waals surface area contributed by atoms with Gasteiger partial charge in [0.25, 0.3) is 0 Å². The Hall–Kier alpha value is -3.20. The van der Waals surface area contributed by atoms with Crippen LogP contribution in [0.5, 0.6) is 5.75 Å². The van der Waals surface area contributed by atoms with E-state index in [1.165, 1.54) is 22.3 Å². The number of benzene rings is 3. The molecule has 0 radical (unpaired) electrons. The molecule has 0 saturated carbocycles. The highest BCUT2D eigenvalue weighted by atomic mass is 16.5. The first kappa shape index (κ1) is 16.9. The summed E-state index contributed by atoms with van der Waals surface area (Å²) in [7, 11) is 0. The molecule has 3 heteroatoms. The van der Waals surface area contributed by atoms with E-state index in [4.69, 9.17) is 9.15 Å². The molecule has 0 spiro atoms. The normalized spacial score (nSPS) is 13.1. The van der Waals surface area contributed by atoms with Gasteiger partial charge in [0.1, 0.15) is 12.2 Å². The fourth-order valence-corrected chi connectivity index (χ4v) is 4.32. The summed E-state index contributed by atoms with van der Waals surface area (Å²) in [6.45, 7) is 9.08. The van der Waals surface area contributed by atoms with E-state index >= 15 is 0 Å². The van der Waals surface area contributed by atoms with Crippen molar-refractivity contribution in [2.45, 2.75) is 34.3 Å². The molecule has 4 aromatic rings. The van der Waals surface area contributed by atoms with Crippen molar-refractivity contribution in [1.29, 1.82) is 0 Å². The van der Waals surface area contributed by atoms with Gasteiger partial charge < -0.3 is 9.15 Å². The predicted molar refractivity (Wildman–Crippen MR) is 114 cm³/mol. The summed E-state index contributed by atoms with van der Waals surface area (Å²) in [5.74, 6) is 1.56.